The highest BCUT2D eigenvalue weighted by atomic mass is 35.5. The van der Waals surface area contributed by atoms with E-state index >= 15 is 0 Å². The molecule has 0 bridgehead atoms. The lowest BCUT2D eigenvalue weighted by molar-refractivity contribution is -0.274. The first kappa shape index (κ1) is 16.0. The zero-order chi connectivity index (χ0) is 15.5. The number of rotatable bonds is 4. The van der Waals surface area contributed by atoms with Gasteiger partial charge in [0.1, 0.15) is 5.75 Å². The minimum Gasteiger partial charge on any atom is -0.406 e. The minimum atomic E-state index is -4.69. The molecule has 0 aliphatic carbocycles. The van der Waals surface area contributed by atoms with Crippen molar-refractivity contribution in [1.82, 2.24) is 0 Å². The molecular weight excluding hydrogens is 324 g/mol. The molecule has 1 unspecified atom stereocenters. The lowest BCUT2D eigenvalue weighted by atomic mass is 10.0. The van der Waals surface area contributed by atoms with Gasteiger partial charge in [0, 0.05) is 5.02 Å². The molecule has 21 heavy (non-hydrogen) atoms. The van der Waals surface area contributed by atoms with Gasteiger partial charge in [0.05, 0.1) is 5.38 Å². The van der Waals surface area contributed by atoms with Crippen molar-refractivity contribution in [2.75, 3.05) is 0 Å². The summed E-state index contributed by atoms with van der Waals surface area (Å²) in [4.78, 5) is 0. The maximum atomic E-state index is 12.1. The smallest absolute Gasteiger partial charge is 0.406 e. The Balaban J connectivity index is 2.06. The van der Waals surface area contributed by atoms with Crippen molar-refractivity contribution in [1.29, 1.82) is 0 Å². The molecule has 2 aromatic rings. The Morgan fingerprint density at radius 2 is 1.62 bits per heavy atom. The van der Waals surface area contributed by atoms with Crippen LogP contribution in [0, 0.1) is 0 Å². The van der Waals surface area contributed by atoms with E-state index in [4.69, 9.17) is 23.2 Å². The number of hydrogen-bond donors (Lipinski definition) is 0. The van der Waals surface area contributed by atoms with Crippen LogP contribution in [0.2, 0.25) is 5.02 Å². The van der Waals surface area contributed by atoms with Gasteiger partial charge in [-0.05, 0) is 35.7 Å². The van der Waals surface area contributed by atoms with Crippen LogP contribution in [-0.4, -0.2) is 6.36 Å². The molecule has 0 aromatic heterocycles. The normalized spacial score (nSPS) is 13.0. The number of hydrogen-bond acceptors (Lipinski definition) is 1. The molecule has 1 nitrogen and oxygen atoms in total. The first-order valence-electron chi connectivity index (χ1n) is 6.08. The van der Waals surface area contributed by atoms with Crippen LogP contribution in [0.1, 0.15) is 16.5 Å². The number of ether oxygens (including phenoxy) is 1. The van der Waals surface area contributed by atoms with Crippen molar-refractivity contribution in [3.8, 4) is 5.75 Å². The predicted molar refractivity (Wildman–Crippen MR) is 76.9 cm³/mol. The fourth-order valence-electron chi connectivity index (χ4n) is 1.85. The van der Waals surface area contributed by atoms with Gasteiger partial charge in [0.25, 0.3) is 0 Å². The Kier molecular flexibility index (Phi) is 5.01. The maximum Gasteiger partial charge on any atom is 0.573 e. The summed E-state index contributed by atoms with van der Waals surface area (Å²) in [5.74, 6) is -0.270. The van der Waals surface area contributed by atoms with Crippen LogP contribution in [0.15, 0.2) is 48.5 Å². The molecule has 2 rings (SSSR count). The van der Waals surface area contributed by atoms with Crippen LogP contribution >= 0.6 is 23.2 Å². The van der Waals surface area contributed by atoms with Crippen molar-refractivity contribution in [2.45, 2.75) is 18.2 Å². The van der Waals surface area contributed by atoms with Crippen LogP contribution in [0.25, 0.3) is 0 Å². The van der Waals surface area contributed by atoms with Crippen molar-refractivity contribution >= 4 is 23.2 Å². The summed E-state index contributed by atoms with van der Waals surface area (Å²) in [6.07, 6.45) is -4.21. The predicted octanol–water partition coefficient (Wildman–Crippen LogP) is 5.76. The van der Waals surface area contributed by atoms with Crippen molar-refractivity contribution < 1.29 is 17.9 Å². The average Bonchev–Trinajstić information content (AvgIpc) is 2.40. The van der Waals surface area contributed by atoms with Crippen LogP contribution in [-0.2, 0) is 6.42 Å². The molecule has 0 aliphatic rings. The van der Waals surface area contributed by atoms with E-state index in [9.17, 15) is 13.2 Å². The second-order valence-corrected chi connectivity index (χ2v) is 5.31. The molecule has 0 aliphatic heterocycles. The van der Waals surface area contributed by atoms with Crippen LogP contribution in [0.3, 0.4) is 0 Å². The molecule has 0 N–H and O–H groups in total. The van der Waals surface area contributed by atoms with Gasteiger partial charge in [-0.15, -0.1) is 24.8 Å². The Hall–Kier alpha value is -1.39. The maximum absolute atomic E-state index is 12.1. The van der Waals surface area contributed by atoms with Crippen LogP contribution in [0.4, 0.5) is 13.2 Å². The molecule has 6 heteroatoms. The molecule has 0 spiro atoms. The van der Waals surface area contributed by atoms with E-state index in [1.807, 2.05) is 18.2 Å². The van der Waals surface area contributed by atoms with Gasteiger partial charge in [0.15, 0.2) is 0 Å². The van der Waals surface area contributed by atoms with E-state index in [0.29, 0.717) is 17.0 Å². The second-order valence-electron chi connectivity index (χ2n) is 4.38. The van der Waals surface area contributed by atoms with Gasteiger partial charge in [-0.2, -0.15) is 0 Å². The Bertz CT molecular complexity index is 597. The molecule has 0 radical (unpaired) electrons. The van der Waals surface area contributed by atoms with Gasteiger partial charge in [-0.1, -0.05) is 41.9 Å². The average molecular weight is 335 g/mol. The molecule has 112 valence electrons. The van der Waals surface area contributed by atoms with Crippen molar-refractivity contribution in [2.24, 2.45) is 0 Å². The van der Waals surface area contributed by atoms with E-state index in [0.717, 1.165) is 5.56 Å². The third kappa shape index (κ3) is 4.83. The largest absolute Gasteiger partial charge is 0.573 e. The first-order chi connectivity index (χ1) is 9.85. The van der Waals surface area contributed by atoms with E-state index in [1.54, 1.807) is 6.07 Å². The molecule has 0 saturated heterocycles. The Labute approximate surface area is 130 Å². The summed E-state index contributed by atoms with van der Waals surface area (Å²) in [5, 5.41) is 0.227. The summed E-state index contributed by atoms with van der Waals surface area (Å²) < 4.78 is 40.0. The summed E-state index contributed by atoms with van der Waals surface area (Å²) in [7, 11) is 0. The Morgan fingerprint density at radius 1 is 1.00 bits per heavy atom. The van der Waals surface area contributed by atoms with Crippen molar-refractivity contribution in [3.63, 3.8) is 0 Å². The van der Waals surface area contributed by atoms with E-state index in [2.05, 4.69) is 4.74 Å². The summed E-state index contributed by atoms with van der Waals surface area (Å²) in [6.45, 7) is 0. The molecule has 0 saturated carbocycles. The number of alkyl halides is 4. The third-order valence-corrected chi connectivity index (χ3v) is 3.61. The molecule has 0 heterocycles. The lowest BCUT2D eigenvalue weighted by Crippen LogP contribution is -2.17. The zero-order valence-electron chi connectivity index (χ0n) is 10.7. The molecule has 0 amide bonds. The first-order valence-corrected chi connectivity index (χ1v) is 6.90. The Morgan fingerprint density at radius 3 is 2.19 bits per heavy atom. The highest BCUT2D eigenvalue weighted by molar-refractivity contribution is 6.31. The highest BCUT2D eigenvalue weighted by Gasteiger charge is 2.31. The van der Waals surface area contributed by atoms with E-state index < -0.39 is 6.36 Å². The zero-order valence-corrected chi connectivity index (χ0v) is 12.2. The fourth-order valence-corrected chi connectivity index (χ4v) is 2.38. The highest BCUT2D eigenvalue weighted by Crippen LogP contribution is 2.30. The second kappa shape index (κ2) is 6.58. The SMILES string of the molecule is FC(F)(F)Oc1ccc(C(Cl)Cc2ccccc2Cl)cc1. The van der Waals surface area contributed by atoms with Crippen LogP contribution < -0.4 is 4.74 Å². The summed E-state index contributed by atoms with van der Waals surface area (Å²) >= 11 is 12.3. The van der Waals surface area contributed by atoms with Crippen LogP contribution in [0.5, 0.6) is 5.75 Å². The molecule has 0 fully saturated rings. The van der Waals surface area contributed by atoms with Gasteiger partial charge in [-0.3, -0.25) is 0 Å². The van der Waals surface area contributed by atoms with Gasteiger partial charge in [-0.25, -0.2) is 0 Å². The van der Waals surface area contributed by atoms with E-state index in [-0.39, 0.29) is 11.1 Å². The van der Waals surface area contributed by atoms with E-state index in [1.165, 1.54) is 24.3 Å². The molecular formula is C15H11Cl2F3O. The number of benzene rings is 2. The van der Waals surface area contributed by atoms with Gasteiger partial charge in [0.2, 0.25) is 0 Å². The summed E-state index contributed by atoms with van der Waals surface area (Å²) in [6, 6.07) is 12.8. The quantitative estimate of drug-likeness (QED) is 0.646. The summed E-state index contributed by atoms with van der Waals surface area (Å²) in [5.41, 5.74) is 1.58. The number of halogens is 5. The minimum absolute atomic E-state index is 0.270. The standard InChI is InChI=1S/C15H11Cl2F3O/c16-13-4-2-1-3-11(13)9-14(17)10-5-7-12(8-6-10)21-15(18,19)20/h1-8,14H,9H2. The molecule has 1 atom stereocenters. The van der Waals surface area contributed by atoms with Gasteiger partial charge >= 0.3 is 6.36 Å². The fraction of sp³-hybridized carbons (Fsp3) is 0.200. The monoisotopic (exact) mass is 334 g/mol. The topological polar surface area (TPSA) is 9.23 Å². The van der Waals surface area contributed by atoms with Crippen molar-refractivity contribution in [3.05, 3.63) is 64.7 Å². The third-order valence-electron chi connectivity index (χ3n) is 2.83. The van der Waals surface area contributed by atoms with Gasteiger partial charge < -0.3 is 4.74 Å². The molecule has 2 aromatic carbocycles. The lowest BCUT2D eigenvalue weighted by Gasteiger charge is -2.13.